The summed E-state index contributed by atoms with van der Waals surface area (Å²) in [6, 6.07) is 31.3. The van der Waals surface area contributed by atoms with Gasteiger partial charge in [0.05, 0.1) is 0 Å². The molecular weight excluding hydrogens is 314 g/mol. The second-order valence-electron chi connectivity index (χ2n) is 7.42. The summed E-state index contributed by atoms with van der Waals surface area (Å²) in [7, 11) is 0. The van der Waals surface area contributed by atoms with Crippen LogP contribution in [-0.2, 0) is 5.54 Å². The SMILES string of the molecule is CC1c2ccccc2C2(c3ccccc3-c3cccn32)c2ccccc21. The van der Waals surface area contributed by atoms with Gasteiger partial charge in [-0.05, 0) is 39.9 Å². The van der Waals surface area contributed by atoms with Crippen LogP contribution in [0.2, 0.25) is 0 Å². The van der Waals surface area contributed by atoms with Crippen molar-refractivity contribution in [3.05, 3.63) is 119 Å². The van der Waals surface area contributed by atoms with Crippen LogP contribution in [0, 0.1) is 0 Å². The van der Waals surface area contributed by atoms with E-state index < -0.39 is 0 Å². The van der Waals surface area contributed by atoms with E-state index in [2.05, 4.69) is 103 Å². The fourth-order valence-corrected chi connectivity index (χ4v) is 5.32. The molecule has 6 rings (SSSR count). The number of hydrogen-bond donors (Lipinski definition) is 0. The molecule has 1 heteroatoms. The van der Waals surface area contributed by atoms with Gasteiger partial charge < -0.3 is 4.57 Å². The van der Waals surface area contributed by atoms with E-state index >= 15 is 0 Å². The van der Waals surface area contributed by atoms with E-state index in [1.165, 1.54) is 39.1 Å². The standard InChI is InChI=1S/C25H19N/c1-17-18-9-2-5-12-21(18)25(22-13-6-3-10-19(17)22)23-14-7-4-11-20(23)24-15-8-16-26(24)25/h2-17H,1H3. The van der Waals surface area contributed by atoms with Gasteiger partial charge >= 0.3 is 0 Å². The minimum atomic E-state index is -0.269. The zero-order chi connectivity index (χ0) is 17.3. The van der Waals surface area contributed by atoms with Gasteiger partial charge in [-0.2, -0.15) is 0 Å². The van der Waals surface area contributed by atoms with E-state index in [1.54, 1.807) is 0 Å². The van der Waals surface area contributed by atoms with E-state index in [0.29, 0.717) is 5.92 Å². The van der Waals surface area contributed by atoms with Gasteiger partial charge in [0, 0.05) is 23.4 Å². The molecule has 1 aliphatic heterocycles. The lowest BCUT2D eigenvalue weighted by molar-refractivity contribution is 0.515. The maximum Gasteiger partial charge on any atom is 0.121 e. The summed E-state index contributed by atoms with van der Waals surface area (Å²) in [5.41, 5.74) is 9.46. The Balaban J connectivity index is 1.87. The van der Waals surface area contributed by atoms with E-state index in [-0.39, 0.29) is 5.54 Å². The Bertz CT molecular complexity index is 1120. The molecule has 0 radical (unpaired) electrons. The molecule has 1 spiro atoms. The summed E-state index contributed by atoms with van der Waals surface area (Å²) in [6.45, 7) is 2.34. The highest BCUT2D eigenvalue weighted by molar-refractivity contribution is 5.79. The first-order valence-corrected chi connectivity index (χ1v) is 9.30. The first-order valence-electron chi connectivity index (χ1n) is 9.30. The van der Waals surface area contributed by atoms with Gasteiger partial charge in [-0.1, -0.05) is 79.7 Å². The molecule has 0 fully saturated rings. The smallest absolute Gasteiger partial charge is 0.121 e. The van der Waals surface area contributed by atoms with Crippen molar-refractivity contribution in [2.45, 2.75) is 18.4 Å². The van der Waals surface area contributed by atoms with E-state index in [1.807, 2.05) is 0 Å². The van der Waals surface area contributed by atoms with Crippen molar-refractivity contribution in [1.29, 1.82) is 0 Å². The molecule has 4 aromatic rings. The Labute approximate surface area is 153 Å². The van der Waals surface area contributed by atoms with Crippen LogP contribution >= 0.6 is 0 Å². The molecule has 0 saturated carbocycles. The average molecular weight is 333 g/mol. The van der Waals surface area contributed by atoms with Crippen molar-refractivity contribution in [3.8, 4) is 11.3 Å². The summed E-state index contributed by atoms with van der Waals surface area (Å²) in [4.78, 5) is 0. The molecule has 2 aliphatic rings. The molecule has 0 saturated heterocycles. The van der Waals surface area contributed by atoms with Crippen molar-refractivity contribution < 1.29 is 0 Å². The highest BCUT2D eigenvalue weighted by Crippen LogP contribution is 2.57. The molecule has 0 N–H and O–H groups in total. The Morgan fingerprint density at radius 2 is 1.23 bits per heavy atom. The Kier molecular flexibility index (Phi) is 2.59. The molecule has 0 unspecified atom stereocenters. The van der Waals surface area contributed by atoms with Crippen molar-refractivity contribution in [2.75, 3.05) is 0 Å². The Morgan fingerprint density at radius 1 is 0.654 bits per heavy atom. The molecule has 1 aromatic heterocycles. The normalized spacial score (nSPS) is 21.8. The van der Waals surface area contributed by atoms with Gasteiger partial charge in [0.15, 0.2) is 0 Å². The molecule has 1 aliphatic carbocycles. The lowest BCUT2D eigenvalue weighted by Crippen LogP contribution is -2.39. The maximum atomic E-state index is 2.49. The first kappa shape index (κ1) is 14.1. The second-order valence-corrected chi connectivity index (χ2v) is 7.42. The third-order valence-electron chi connectivity index (χ3n) is 6.34. The minimum absolute atomic E-state index is 0.269. The Hall–Kier alpha value is -3.06. The minimum Gasteiger partial charge on any atom is -0.329 e. The van der Waals surface area contributed by atoms with Gasteiger partial charge in [-0.15, -0.1) is 0 Å². The van der Waals surface area contributed by atoms with Crippen LogP contribution in [0.1, 0.15) is 40.7 Å². The quantitative estimate of drug-likeness (QED) is 0.339. The number of nitrogens with zero attached hydrogens (tertiary/aromatic N) is 1. The van der Waals surface area contributed by atoms with Crippen LogP contribution in [0.5, 0.6) is 0 Å². The average Bonchev–Trinajstić information content (AvgIpc) is 3.28. The van der Waals surface area contributed by atoms with Crippen LogP contribution in [0.4, 0.5) is 0 Å². The zero-order valence-electron chi connectivity index (χ0n) is 14.7. The molecule has 2 heterocycles. The molecule has 3 aromatic carbocycles. The number of fused-ring (bicyclic) bond motifs is 9. The van der Waals surface area contributed by atoms with E-state index in [0.717, 1.165) is 0 Å². The summed E-state index contributed by atoms with van der Waals surface area (Å²) in [6.07, 6.45) is 2.25. The highest BCUT2D eigenvalue weighted by Gasteiger charge is 2.50. The van der Waals surface area contributed by atoms with Gasteiger partial charge in [0.2, 0.25) is 0 Å². The van der Waals surface area contributed by atoms with Crippen molar-refractivity contribution in [2.24, 2.45) is 0 Å². The summed E-state index contributed by atoms with van der Waals surface area (Å²) in [5.74, 6) is 0.403. The van der Waals surface area contributed by atoms with E-state index in [9.17, 15) is 0 Å². The molecule has 0 atom stereocenters. The zero-order valence-corrected chi connectivity index (χ0v) is 14.7. The Morgan fingerprint density at radius 3 is 1.92 bits per heavy atom. The van der Waals surface area contributed by atoms with Crippen LogP contribution in [0.3, 0.4) is 0 Å². The van der Waals surface area contributed by atoms with Gasteiger partial charge in [-0.3, -0.25) is 0 Å². The number of benzene rings is 3. The largest absolute Gasteiger partial charge is 0.329 e. The van der Waals surface area contributed by atoms with Crippen molar-refractivity contribution in [3.63, 3.8) is 0 Å². The summed E-state index contributed by atoms with van der Waals surface area (Å²) >= 11 is 0. The second kappa shape index (κ2) is 4.76. The van der Waals surface area contributed by atoms with Crippen LogP contribution in [0.15, 0.2) is 91.1 Å². The van der Waals surface area contributed by atoms with Crippen molar-refractivity contribution in [1.82, 2.24) is 4.57 Å². The molecule has 1 nitrogen and oxygen atoms in total. The van der Waals surface area contributed by atoms with Crippen LogP contribution in [0.25, 0.3) is 11.3 Å². The highest BCUT2D eigenvalue weighted by atomic mass is 15.1. The third kappa shape index (κ3) is 1.44. The first-order chi connectivity index (χ1) is 12.8. The predicted octanol–water partition coefficient (Wildman–Crippen LogP) is 5.77. The maximum absolute atomic E-state index is 2.49. The lowest BCUT2D eigenvalue weighted by Gasteiger charge is -2.43. The van der Waals surface area contributed by atoms with E-state index in [4.69, 9.17) is 0 Å². The number of hydrogen-bond acceptors (Lipinski definition) is 0. The number of rotatable bonds is 0. The summed E-state index contributed by atoms with van der Waals surface area (Å²) < 4.78 is 2.49. The molecule has 0 amide bonds. The number of aromatic nitrogens is 1. The van der Waals surface area contributed by atoms with Gasteiger partial charge in [-0.25, -0.2) is 0 Å². The summed E-state index contributed by atoms with van der Waals surface area (Å²) in [5, 5.41) is 0. The van der Waals surface area contributed by atoms with Gasteiger partial charge in [0.25, 0.3) is 0 Å². The van der Waals surface area contributed by atoms with Gasteiger partial charge in [0.1, 0.15) is 5.54 Å². The fraction of sp³-hybridized carbons (Fsp3) is 0.120. The van der Waals surface area contributed by atoms with Crippen LogP contribution < -0.4 is 0 Å². The molecule has 124 valence electrons. The molecule has 26 heavy (non-hydrogen) atoms. The molecule has 0 bridgehead atoms. The van der Waals surface area contributed by atoms with Crippen LogP contribution in [-0.4, -0.2) is 4.57 Å². The predicted molar refractivity (Wildman–Crippen MR) is 106 cm³/mol. The molecular formula is C25H19N. The fourth-order valence-electron chi connectivity index (χ4n) is 5.32. The monoisotopic (exact) mass is 333 g/mol. The topological polar surface area (TPSA) is 4.93 Å². The van der Waals surface area contributed by atoms with Crippen molar-refractivity contribution >= 4 is 0 Å². The lowest BCUT2D eigenvalue weighted by atomic mass is 9.66. The third-order valence-corrected chi connectivity index (χ3v) is 6.34.